The van der Waals surface area contributed by atoms with Gasteiger partial charge in [0.25, 0.3) is 0 Å². The summed E-state index contributed by atoms with van der Waals surface area (Å²) in [6.45, 7) is 13.0. The Morgan fingerprint density at radius 3 is 1.38 bits per heavy atom. The molecule has 0 radical (unpaired) electrons. The SMILES string of the molecule is C[C@H]1[C@H](F)C[C@@H](C(=O)CCc2cc(-c3cnc(C(F)(F)F)nc3)c(F)c(Br)n2)N1C(=O)OC(C)(C)C.C[C@H]1[C@H](F)C[C@@H](C(=O)O)N1C(=O)OC(C)(C)C.NCc1cc(-c2cnc(C(F)(F)F)nc2)c(F)c(Br)n1. The minimum Gasteiger partial charge on any atom is -0.480 e. The fourth-order valence-electron chi connectivity index (χ4n) is 7.08. The molecule has 2 amide bonds. The fourth-order valence-corrected chi connectivity index (χ4v) is 7.96. The number of likely N-dealkylation sites (tertiary alicyclic amines) is 2. The molecule has 4 aromatic heterocycles. The molecular formula is C45H49Br2F10N9O7. The Labute approximate surface area is 428 Å². The van der Waals surface area contributed by atoms with Crippen molar-refractivity contribution in [3.05, 3.63) is 80.8 Å². The predicted octanol–water partition coefficient (Wildman–Crippen LogP) is 10.4. The number of Topliss-reactive ketones (excluding diaryl/α,β-unsaturated/α-hetero) is 1. The smallest absolute Gasteiger partial charge is 0.451 e. The molecule has 28 heteroatoms. The lowest BCUT2D eigenvalue weighted by molar-refractivity contribution is -0.145. The summed E-state index contributed by atoms with van der Waals surface area (Å²) in [6, 6.07) is -1.18. The highest BCUT2D eigenvalue weighted by Crippen LogP contribution is 2.34. The van der Waals surface area contributed by atoms with Crippen LogP contribution in [-0.4, -0.2) is 116 Å². The third-order valence-corrected chi connectivity index (χ3v) is 11.6. The standard InChI is InChI=1S/C23H24BrF5N4O3.C11H7BrF4N4.C11H18FNO4/c1-11-15(25)8-16(33(11)21(35)36-22(2,3)4)17(34)6-5-13-7-14(18(26)19(24)32-13)12-9-30-20(31-10-12)23(27,28)29;12-9-8(13)7(1-6(2-17)20-9)5-3-18-10(19-4-5)11(14,15)16;1-6-7(12)5-8(9(14)15)13(6)10(16)17-11(2,3)4/h7,9-11,15-16H,5-6,8H2,1-4H3;1,3-4H,2,17H2;6-8H,5H2,1-4H3,(H,14,15)/t11-,15+,16-;;6-,7+,8-/m0.0/s1. The molecule has 16 nitrogen and oxygen atoms in total. The van der Waals surface area contributed by atoms with Gasteiger partial charge in [-0.3, -0.25) is 14.6 Å². The van der Waals surface area contributed by atoms with Crippen molar-refractivity contribution in [1.29, 1.82) is 0 Å². The van der Waals surface area contributed by atoms with E-state index in [1.165, 1.54) is 26.0 Å². The van der Waals surface area contributed by atoms with Gasteiger partial charge in [0.05, 0.1) is 23.8 Å². The Bertz CT molecular complexity index is 2620. The molecule has 3 N–H and O–H groups in total. The quantitative estimate of drug-likeness (QED) is 0.124. The molecule has 2 fully saturated rings. The maximum atomic E-state index is 14.7. The molecule has 6 atom stereocenters. The molecule has 73 heavy (non-hydrogen) atoms. The van der Waals surface area contributed by atoms with Gasteiger partial charge in [-0.05, 0) is 106 Å². The average molecular weight is 1180 g/mol. The third kappa shape index (κ3) is 15.9. The Kier molecular flexibility index (Phi) is 19.5. The topological polar surface area (TPSA) is 217 Å². The molecular weight excluding hydrogens is 1130 g/mol. The van der Waals surface area contributed by atoms with Crippen molar-refractivity contribution in [1.82, 2.24) is 39.7 Å². The lowest BCUT2D eigenvalue weighted by Gasteiger charge is -2.30. The Morgan fingerprint density at radius 2 is 1.03 bits per heavy atom. The van der Waals surface area contributed by atoms with Gasteiger partial charge in [-0.1, -0.05) is 0 Å². The van der Waals surface area contributed by atoms with Crippen molar-refractivity contribution >= 4 is 55.8 Å². The average Bonchev–Trinajstić information content (AvgIpc) is 3.76. The van der Waals surface area contributed by atoms with Crippen LogP contribution in [0.3, 0.4) is 0 Å². The highest BCUT2D eigenvalue weighted by Gasteiger charge is 2.48. The number of aryl methyl sites for hydroxylation is 1. The number of amides is 2. The highest BCUT2D eigenvalue weighted by atomic mass is 79.9. The monoisotopic (exact) mass is 1180 g/mol. The van der Waals surface area contributed by atoms with Gasteiger partial charge in [-0.25, -0.2) is 61.8 Å². The minimum atomic E-state index is -4.75. The number of halogens is 12. The number of hydrogen-bond donors (Lipinski definition) is 2. The summed E-state index contributed by atoms with van der Waals surface area (Å²) in [5.74, 6) is -5.83. The molecule has 0 unspecified atom stereocenters. The summed E-state index contributed by atoms with van der Waals surface area (Å²) in [4.78, 5) is 71.1. The minimum absolute atomic E-state index is 0.0101. The van der Waals surface area contributed by atoms with E-state index in [4.69, 9.17) is 20.3 Å². The van der Waals surface area contributed by atoms with Gasteiger partial charge in [-0.15, -0.1) is 0 Å². The van der Waals surface area contributed by atoms with E-state index in [2.05, 4.69) is 61.8 Å². The molecule has 0 spiro atoms. The maximum absolute atomic E-state index is 14.7. The van der Waals surface area contributed by atoms with E-state index in [0.717, 1.165) is 34.6 Å². The van der Waals surface area contributed by atoms with Crippen LogP contribution in [0.25, 0.3) is 22.3 Å². The van der Waals surface area contributed by atoms with E-state index in [1.807, 2.05) is 0 Å². The molecule has 4 aromatic rings. The van der Waals surface area contributed by atoms with Gasteiger partial charge in [0.1, 0.15) is 38.8 Å². The van der Waals surface area contributed by atoms with E-state index in [0.29, 0.717) is 5.69 Å². The molecule has 0 bridgehead atoms. The van der Waals surface area contributed by atoms with Crippen LogP contribution in [0.5, 0.6) is 0 Å². The summed E-state index contributed by atoms with van der Waals surface area (Å²) < 4.78 is 142. The number of carboxylic acid groups (broad SMARTS) is 1. The second kappa shape index (κ2) is 23.7. The van der Waals surface area contributed by atoms with Crippen LogP contribution < -0.4 is 5.73 Å². The largest absolute Gasteiger partial charge is 0.480 e. The Balaban J connectivity index is 0.000000262. The molecule has 6 rings (SSSR count). The Morgan fingerprint density at radius 1 is 0.671 bits per heavy atom. The first-order valence-corrected chi connectivity index (χ1v) is 23.4. The normalized spacial score (nSPS) is 20.1. The van der Waals surface area contributed by atoms with Crippen molar-refractivity contribution in [3.63, 3.8) is 0 Å². The first-order valence-electron chi connectivity index (χ1n) is 21.8. The lowest BCUT2D eigenvalue weighted by atomic mass is 10.0. The first-order chi connectivity index (χ1) is 33.5. The number of carbonyl (C=O) groups excluding carboxylic acids is 3. The van der Waals surface area contributed by atoms with Crippen molar-refractivity contribution in [3.8, 4) is 22.3 Å². The maximum Gasteiger partial charge on any atom is 0.451 e. The van der Waals surface area contributed by atoms with Gasteiger partial charge >= 0.3 is 30.5 Å². The first kappa shape index (κ1) is 59.9. The van der Waals surface area contributed by atoms with Crippen molar-refractivity contribution < 1.29 is 77.7 Å². The van der Waals surface area contributed by atoms with Gasteiger partial charge in [-0.2, -0.15) is 26.3 Å². The number of nitrogens with zero attached hydrogens (tertiary/aromatic N) is 8. The molecule has 2 aliphatic heterocycles. The molecule has 0 saturated carbocycles. The molecule has 0 aliphatic carbocycles. The van der Waals surface area contributed by atoms with Crippen LogP contribution in [0.15, 0.2) is 46.1 Å². The zero-order valence-corrected chi connectivity index (χ0v) is 43.2. The molecule has 400 valence electrons. The van der Waals surface area contributed by atoms with Crippen LogP contribution >= 0.6 is 31.9 Å². The molecule has 0 aromatic carbocycles. The van der Waals surface area contributed by atoms with Crippen LogP contribution in [0.2, 0.25) is 0 Å². The zero-order chi connectivity index (χ0) is 55.3. The van der Waals surface area contributed by atoms with Gasteiger partial charge < -0.3 is 20.3 Å². The number of carboxylic acids is 1. The number of ketones is 1. The highest BCUT2D eigenvalue weighted by molar-refractivity contribution is 9.10. The predicted molar refractivity (Wildman–Crippen MR) is 246 cm³/mol. The number of hydrogen-bond acceptors (Lipinski definition) is 13. The number of alkyl halides is 8. The summed E-state index contributed by atoms with van der Waals surface area (Å²) >= 11 is 5.89. The van der Waals surface area contributed by atoms with Crippen LogP contribution in [0.1, 0.15) is 97.7 Å². The second-order valence-corrected chi connectivity index (χ2v) is 19.9. The zero-order valence-electron chi connectivity index (χ0n) is 40.1. The van der Waals surface area contributed by atoms with E-state index in [-0.39, 0.29) is 69.4 Å². The summed E-state index contributed by atoms with van der Waals surface area (Å²) in [7, 11) is 0. The van der Waals surface area contributed by atoms with Crippen molar-refractivity contribution in [2.24, 2.45) is 5.73 Å². The van der Waals surface area contributed by atoms with E-state index in [9.17, 15) is 63.1 Å². The fraction of sp³-hybridized carbons (Fsp3) is 0.511. The second-order valence-electron chi connectivity index (χ2n) is 18.4. The molecule has 6 heterocycles. The van der Waals surface area contributed by atoms with Crippen LogP contribution in [0, 0.1) is 11.6 Å². The Hall–Kier alpha value is -5.64. The van der Waals surface area contributed by atoms with Gasteiger partial charge in [0, 0.05) is 78.5 Å². The van der Waals surface area contributed by atoms with Crippen LogP contribution in [-0.2, 0) is 44.4 Å². The molecule has 2 saturated heterocycles. The van der Waals surface area contributed by atoms with E-state index < -0.39 is 107 Å². The lowest BCUT2D eigenvalue weighted by Crippen LogP contribution is -2.47. The van der Waals surface area contributed by atoms with E-state index >= 15 is 0 Å². The van der Waals surface area contributed by atoms with E-state index in [1.54, 1.807) is 41.5 Å². The number of nitrogens with two attached hydrogens (primary N) is 1. The van der Waals surface area contributed by atoms with Crippen LogP contribution in [0.4, 0.5) is 53.5 Å². The summed E-state index contributed by atoms with van der Waals surface area (Å²) in [6.07, 6.45) is -10.7. The number of rotatable bonds is 8. The summed E-state index contributed by atoms with van der Waals surface area (Å²) in [5.41, 5.74) is 4.49. The molecule has 2 aliphatic rings. The van der Waals surface area contributed by atoms with Gasteiger partial charge in [0.15, 0.2) is 17.4 Å². The number of aliphatic carboxylic acids is 1. The van der Waals surface area contributed by atoms with Crippen molar-refractivity contribution in [2.75, 3.05) is 0 Å². The number of pyridine rings is 2. The van der Waals surface area contributed by atoms with Crippen molar-refractivity contribution in [2.45, 2.75) is 148 Å². The number of carbonyl (C=O) groups is 4. The number of aromatic nitrogens is 6. The third-order valence-electron chi connectivity index (χ3n) is 10.6. The van der Waals surface area contributed by atoms with Gasteiger partial charge in [0.2, 0.25) is 11.6 Å². The number of ether oxygens (including phenoxy) is 2. The summed E-state index contributed by atoms with van der Waals surface area (Å²) in [5, 5.41) is 8.95.